The van der Waals surface area contributed by atoms with Gasteiger partial charge in [-0.1, -0.05) is 43.1 Å². The summed E-state index contributed by atoms with van der Waals surface area (Å²) in [6.45, 7) is 5.05. The van der Waals surface area contributed by atoms with E-state index in [-0.39, 0.29) is 0 Å². The summed E-state index contributed by atoms with van der Waals surface area (Å²) in [7, 11) is 0. The van der Waals surface area contributed by atoms with Crippen molar-refractivity contribution in [2.75, 3.05) is 5.73 Å². The number of unbranched alkanes of at least 4 members (excludes halogenated alkanes) is 1. The number of nitrogens with zero attached hydrogens (tertiary/aromatic N) is 2. The van der Waals surface area contributed by atoms with Crippen LogP contribution in [0.25, 0.3) is 11.3 Å². The van der Waals surface area contributed by atoms with E-state index in [4.69, 9.17) is 17.3 Å². The average Bonchev–Trinajstić information content (AvgIpc) is 2.63. The Morgan fingerprint density at radius 2 is 2.06 bits per heavy atom. The second-order valence-electron chi connectivity index (χ2n) is 4.38. The third-order valence-corrected chi connectivity index (χ3v) is 3.39. The van der Waals surface area contributed by atoms with Crippen molar-refractivity contribution in [1.82, 2.24) is 9.55 Å². The van der Waals surface area contributed by atoms with E-state index in [9.17, 15) is 0 Å². The third-order valence-electron chi connectivity index (χ3n) is 3.06. The summed E-state index contributed by atoms with van der Waals surface area (Å²) in [5, 5.41) is 0.685. The van der Waals surface area contributed by atoms with Gasteiger partial charge in [-0.3, -0.25) is 0 Å². The Morgan fingerprint density at radius 3 is 2.72 bits per heavy atom. The summed E-state index contributed by atoms with van der Waals surface area (Å²) in [4.78, 5) is 4.55. The number of aryl methyl sites for hydroxylation is 1. The lowest BCUT2D eigenvalue weighted by Crippen LogP contribution is -2.04. The Labute approximate surface area is 113 Å². The largest absolute Gasteiger partial charge is 0.383 e. The molecule has 0 atom stereocenters. The molecule has 0 saturated heterocycles. The van der Waals surface area contributed by atoms with E-state index in [0.717, 1.165) is 36.5 Å². The molecular weight excluding hydrogens is 246 g/mol. The minimum absolute atomic E-state index is 0.685. The van der Waals surface area contributed by atoms with E-state index in [2.05, 4.69) is 16.5 Å². The van der Waals surface area contributed by atoms with Gasteiger partial charge < -0.3 is 10.3 Å². The van der Waals surface area contributed by atoms with Crippen LogP contribution < -0.4 is 5.73 Å². The van der Waals surface area contributed by atoms with Crippen LogP contribution in [0, 0.1) is 6.92 Å². The first-order valence-corrected chi connectivity index (χ1v) is 6.60. The quantitative estimate of drug-likeness (QED) is 0.909. The topological polar surface area (TPSA) is 43.8 Å². The van der Waals surface area contributed by atoms with Crippen LogP contribution in [0.15, 0.2) is 24.3 Å². The maximum absolute atomic E-state index is 6.19. The summed E-state index contributed by atoms with van der Waals surface area (Å²) in [6, 6.07) is 7.66. The highest BCUT2D eigenvalue weighted by Gasteiger charge is 2.15. The van der Waals surface area contributed by atoms with Crippen molar-refractivity contribution in [3.05, 3.63) is 35.1 Å². The van der Waals surface area contributed by atoms with Crippen molar-refractivity contribution < 1.29 is 0 Å². The Kier molecular flexibility index (Phi) is 3.92. The number of anilines is 1. The predicted molar refractivity (Wildman–Crippen MR) is 76.7 cm³/mol. The highest BCUT2D eigenvalue weighted by molar-refractivity contribution is 6.33. The zero-order valence-corrected chi connectivity index (χ0v) is 11.5. The summed E-state index contributed by atoms with van der Waals surface area (Å²) in [6.07, 6.45) is 2.24. The molecule has 2 aromatic rings. The minimum atomic E-state index is 0.685. The number of hydrogen-bond donors (Lipinski definition) is 1. The van der Waals surface area contributed by atoms with Gasteiger partial charge in [0.05, 0.1) is 5.02 Å². The molecule has 0 amide bonds. The van der Waals surface area contributed by atoms with Gasteiger partial charge in [0.1, 0.15) is 17.3 Å². The van der Waals surface area contributed by atoms with Gasteiger partial charge >= 0.3 is 0 Å². The van der Waals surface area contributed by atoms with Crippen LogP contribution in [0.1, 0.15) is 25.6 Å². The van der Waals surface area contributed by atoms with Gasteiger partial charge in [0.15, 0.2) is 0 Å². The number of aromatic nitrogens is 2. The number of rotatable bonds is 4. The van der Waals surface area contributed by atoms with Crippen molar-refractivity contribution in [2.45, 2.75) is 33.2 Å². The summed E-state index contributed by atoms with van der Waals surface area (Å²) in [5.41, 5.74) is 7.87. The highest BCUT2D eigenvalue weighted by Crippen LogP contribution is 2.31. The molecule has 0 fully saturated rings. The van der Waals surface area contributed by atoms with Crippen LogP contribution in [0.4, 0.5) is 5.82 Å². The molecule has 0 aliphatic carbocycles. The van der Waals surface area contributed by atoms with Gasteiger partial charge in [-0.15, -0.1) is 0 Å². The molecule has 1 aromatic heterocycles. The SMILES string of the molecule is CCCCn1c(C)nc(-c2ccccc2Cl)c1N. The fourth-order valence-electron chi connectivity index (χ4n) is 2.03. The lowest BCUT2D eigenvalue weighted by Gasteiger charge is -2.07. The average molecular weight is 264 g/mol. The minimum Gasteiger partial charge on any atom is -0.383 e. The number of halogens is 1. The lowest BCUT2D eigenvalue weighted by molar-refractivity contribution is 0.622. The number of nitrogen functional groups attached to an aromatic ring is 1. The van der Waals surface area contributed by atoms with E-state index in [1.807, 2.05) is 31.2 Å². The first-order valence-electron chi connectivity index (χ1n) is 6.22. The Hall–Kier alpha value is -1.48. The van der Waals surface area contributed by atoms with E-state index in [1.54, 1.807) is 0 Å². The third kappa shape index (κ3) is 2.36. The van der Waals surface area contributed by atoms with Crippen molar-refractivity contribution in [3.8, 4) is 11.3 Å². The molecule has 3 nitrogen and oxygen atoms in total. The second kappa shape index (κ2) is 5.44. The Bertz CT molecular complexity index is 546. The van der Waals surface area contributed by atoms with E-state index < -0.39 is 0 Å². The second-order valence-corrected chi connectivity index (χ2v) is 4.79. The zero-order valence-electron chi connectivity index (χ0n) is 10.8. The Balaban J connectivity index is 2.44. The molecule has 0 saturated carbocycles. The normalized spacial score (nSPS) is 10.8. The lowest BCUT2D eigenvalue weighted by atomic mass is 10.1. The molecule has 0 radical (unpaired) electrons. The molecule has 1 aromatic carbocycles. The van der Waals surface area contributed by atoms with Gasteiger partial charge in [-0.05, 0) is 19.4 Å². The molecule has 0 bridgehead atoms. The van der Waals surface area contributed by atoms with Crippen LogP contribution in [0.3, 0.4) is 0 Å². The predicted octanol–water partition coefficient (Wildman–Crippen LogP) is 3.89. The standard InChI is InChI=1S/C14H18ClN3/c1-3-4-9-18-10(2)17-13(14(18)16)11-7-5-6-8-12(11)15/h5-8H,3-4,9,16H2,1-2H3. The van der Waals surface area contributed by atoms with E-state index in [0.29, 0.717) is 10.8 Å². The van der Waals surface area contributed by atoms with Crippen LogP contribution in [-0.4, -0.2) is 9.55 Å². The molecule has 4 heteroatoms. The molecule has 0 aliphatic rings. The van der Waals surface area contributed by atoms with Gasteiger partial charge in [-0.25, -0.2) is 4.98 Å². The fraction of sp³-hybridized carbons (Fsp3) is 0.357. The zero-order chi connectivity index (χ0) is 13.1. The first kappa shape index (κ1) is 13.0. The summed E-state index contributed by atoms with van der Waals surface area (Å²) < 4.78 is 2.06. The molecule has 0 spiro atoms. The van der Waals surface area contributed by atoms with Crippen LogP contribution in [0.2, 0.25) is 5.02 Å². The van der Waals surface area contributed by atoms with Crippen molar-refractivity contribution in [1.29, 1.82) is 0 Å². The molecule has 1 heterocycles. The van der Waals surface area contributed by atoms with Gasteiger partial charge in [0.25, 0.3) is 0 Å². The van der Waals surface area contributed by atoms with Crippen molar-refractivity contribution in [3.63, 3.8) is 0 Å². The van der Waals surface area contributed by atoms with E-state index >= 15 is 0 Å². The highest BCUT2D eigenvalue weighted by atomic mass is 35.5. The van der Waals surface area contributed by atoms with Crippen LogP contribution in [-0.2, 0) is 6.54 Å². The molecule has 0 aliphatic heterocycles. The monoisotopic (exact) mass is 263 g/mol. The molecular formula is C14H18ClN3. The smallest absolute Gasteiger partial charge is 0.131 e. The number of nitrogens with two attached hydrogens (primary N) is 1. The van der Waals surface area contributed by atoms with E-state index in [1.165, 1.54) is 0 Å². The number of imidazole rings is 1. The number of benzene rings is 1. The van der Waals surface area contributed by atoms with Crippen molar-refractivity contribution >= 4 is 17.4 Å². The number of hydrogen-bond acceptors (Lipinski definition) is 2. The van der Waals surface area contributed by atoms with Crippen molar-refractivity contribution in [2.24, 2.45) is 0 Å². The van der Waals surface area contributed by atoms with Crippen LogP contribution in [0.5, 0.6) is 0 Å². The van der Waals surface area contributed by atoms with Gasteiger partial charge in [0, 0.05) is 12.1 Å². The molecule has 2 N–H and O–H groups in total. The maximum Gasteiger partial charge on any atom is 0.131 e. The molecule has 2 rings (SSSR count). The first-order chi connectivity index (χ1) is 8.65. The maximum atomic E-state index is 6.19. The Morgan fingerprint density at radius 1 is 1.33 bits per heavy atom. The fourth-order valence-corrected chi connectivity index (χ4v) is 2.26. The molecule has 18 heavy (non-hydrogen) atoms. The molecule has 96 valence electrons. The summed E-state index contributed by atoms with van der Waals surface area (Å²) in [5.74, 6) is 1.64. The van der Waals surface area contributed by atoms with Crippen LogP contribution >= 0.6 is 11.6 Å². The molecule has 0 unspecified atom stereocenters. The summed E-state index contributed by atoms with van der Waals surface area (Å²) >= 11 is 6.19. The van der Waals surface area contributed by atoms with Gasteiger partial charge in [-0.2, -0.15) is 0 Å². The van der Waals surface area contributed by atoms with Gasteiger partial charge in [0.2, 0.25) is 0 Å².